The molecule has 102 valence electrons. The van der Waals surface area contributed by atoms with Crippen molar-refractivity contribution in [1.29, 1.82) is 0 Å². The van der Waals surface area contributed by atoms with Gasteiger partial charge in [-0.3, -0.25) is 4.99 Å². The summed E-state index contributed by atoms with van der Waals surface area (Å²) < 4.78 is 0. The molecule has 1 aromatic rings. The van der Waals surface area contributed by atoms with E-state index in [1.807, 2.05) is 6.07 Å². The van der Waals surface area contributed by atoms with Crippen molar-refractivity contribution < 1.29 is 5.11 Å². The number of anilines is 1. The zero-order valence-electron chi connectivity index (χ0n) is 11.3. The molecule has 1 aliphatic heterocycles. The van der Waals surface area contributed by atoms with Crippen LogP contribution in [0.5, 0.6) is 5.75 Å². The Labute approximate surface area is 113 Å². The van der Waals surface area contributed by atoms with Gasteiger partial charge in [-0.1, -0.05) is 13.5 Å². The minimum absolute atomic E-state index is 0.196. The zero-order valence-corrected chi connectivity index (χ0v) is 11.3. The van der Waals surface area contributed by atoms with E-state index >= 15 is 0 Å². The van der Waals surface area contributed by atoms with Gasteiger partial charge in [0.25, 0.3) is 0 Å². The van der Waals surface area contributed by atoms with Gasteiger partial charge in [-0.15, -0.1) is 0 Å². The Morgan fingerprint density at radius 3 is 2.89 bits per heavy atom. The number of aromatic hydroxyl groups is 1. The molecule has 0 aliphatic carbocycles. The lowest BCUT2D eigenvalue weighted by Gasteiger charge is -2.21. The third kappa shape index (κ3) is 3.40. The molecular formula is C14H20N4O. The summed E-state index contributed by atoms with van der Waals surface area (Å²) in [5.41, 5.74) is 2.38. The van der Waals surface area contributed by atoms with Crippen molar-refractivity contribution in [2.45, 2.75) is 6.92 Å². The molecule has 1 aliphatic rings. The Balaban J connectivity index is 2.16. The van der Waals surface area contributed by atoms with Gasteiger partial charge >= 0.3 is 0 Å². The molecule has 0 radical (unpaired) electrons. The number of phenolic OH excluding ortho intramolecular Hbond substituents is 1. The Morgan fingerprint density at radius 2 is 2.26 bits per heavy atom. The number of guanidine groups is 1. The molecule has 0 bridgehead atoms. The Morgan fingerprint density at radius 1 is 1.47 bits per heavy atom. The Hall–Kier alpha value is -2.17. The number of aliphatic imine (C=N–C) groups is 1. The van der Waals surface area contributed by atoms with Gasteiger partial charge in [-0.05, 0) is 18.1 Å². The Kier molecular flexibility index (Phi) is 3.94. The Bertz CT molecular complexity index is 510. The number of nitrogens with zero attached hydrogens (tertiary/aromatic N) is 1. The summed E-state index contributed by atoms with van der Waals surface area (Å²) in [6, 6.07) is 5.25. The summed E-state index contributed by atoms with van der Waals surface area (Å²) in [7, 11) is 1.80. The molecule has 1 unspecified atom stereocenters. The van der Waals surface area contributed by atoms with Crippen LogP contribution >= 0.6 is 0 Å². The van der Waals surface area contributed by atoms with Crippen LogP contribution in [0.15, 0.2) is 29.8 Å². The molecular weight excluding hydrogens is 240 g/mol. The second kappa shape index (κ2) is 5.65. The minimum atomic E-state index is 0.196. The lowest BCUT2D eigenvalue weighted by molar-refractivity contribution is 0.475. The van der Waals surface area contributed by atoms with Gasteiger partial charge in [-0.2, -0.15) is 0 Å². The molecule has 1 heterocycles. The molecule has 19 heavy (non-hydrogen) atoms. The fourth-order valence-electron chi connectivity index (χ4n) is 1.86. The molecule has 1 aromatic carbocycles. The van der Waals surface area contributed by atoms with Crippen molar-refractivity contribution in [3.63, 3.8) is 0 Å². The second-order valence-electron chi connectivity index (χ2n) is 4.80. The molecule has 0 aromatic heterocycles. The maximum absolute atomic E-state index is 9.74. The first kappa shape index (κ1) is 13.3. The van der Waals surface area contributed by atoms with Gasteiger partial charge in [0, 0.05) is 43.2 Å². The lowest BCUT2D eigenvalue weighted by Crippen LogP contribution is -2.39. The maximum atomic E-state index is 9.74. The smallest absolute Gasteiger partial charge is 0.195 e. The van der Waals surface area contributed by atoms with E-state index in [1.165, 1.54) is 0 Å². The number of benzene rings is 1. The third-order valence-corrected chi connectivity index (χ3v) is 3.01. The summed E-state index contributed by atoms with van der Waals surface area (Å²) in [6.45, 7) is 7.75. The van der Waals surface area contributed by atoms with Crippen LogP contribution in [0.2, 0.25) is 0 Å². The quantitative estimate of drug-likeness (QED) is 0.666. The van der Waals surface area contributed by atoms with E-state index in [4.69, 9.17) is 0 Å². The molecule has 1 atom stereocenters. The fraction of sp³-hybridized carbons (Fsp3) is 0.357. The summed E-state index contributed by atoms with van der Waals surface area (Å²) in [5.74, 6) is 1.49. The number of hydrogen-bond donors (Lipinski definition) is 4. The average molecular weight is 260 g/mol. The van der Waals surface area contributed by atoms with Gasteiger partial charge in [0.2, 0.25) is 0 Å². The standard InChI is InChI=1S/C14H20N4O/c1-9-7-16-14(17-8-9)18-12-4-11(10(2)15-3)5-13(19)6-12/h4-6,9,15,19H,2,7-8H2,1,3H3,(H2,16,17,18). The highest BCUT2D eigenvalue weighted by Gasteiger charge is 2.11. The van der Waals surface area contributed by atoms with E-state index in [2.05, 4.69) is 34.4 Å². The molecule has 2 rings (SSSR count). The normalized spacial score (nSPS) is 18.2. The minimum Gasteiger partial charge on any atom is -0.508 e. The SMILES string of the molecule is C=C(NC)c1cc(O)cc(NC2=NCC(C)CN2)c1. The van der Waals surface area contributed by atoms with Crippen LogP contribution in [0.1, 0.15) is 12.5 Å². The number of hydrogen-bond acceptors (Lipinski definition) is 5. The summed E-state index contributed by atoms with van der Waals surface area (Å²) in [6.07, 6.45) is 0. The van der Waals surface area contributed by atoms with E-state index in [0.717, 1.165) is 36.0 Å². The number of rotatable bonds is 3. The highest BCUT2D eigenvalue weighted by atomic mass is 16.3. The van der Waals surface area contributed by atoms with Crippen LogP contribution in [0.4, 0.5) is 5.69 Å². The highest BCUT2D eigenvalue weighted by molar-refractivity contribution is 5.94. The topological polar surface area (TPSA) is 68.7 Å². The van der Waals surface area contributed by atoms with Crippen molar-refractivity contribution >= 4 is 17.3 Å². The number of nitrogens with one attached hydrogen (secondary N) is 3. The van der Waals surface area contributed by atoms with Crippen LogP contribution in [0, 0.1) is 5.92 Å². The van der Waals surface area contributed by atoms with Crippen LogP contribution in [0.25, 0.3) is 5.70 Å². The molecule has 0 fully saturated rings. The first-order valence-corrected chi connectivity index (χ1v) is 6.35. The maximum Gasteiger partial charge on any atom is 0.195 e. The van der Waals surface area contributed by atoms with Crippen molar-refractivity contribution in [2.24, 2.45) is 10.9 Å². The van der Waals surface area contributed by atoms with Crippen LogP contribution < -0.4 is 16.0 Å². The predicted molar refractivity (Wildman–Crippen MR) is 79.3 cm³/mol. The van der Waals surface area contributed by atoms with Crippen LogP contribution in [-0.2, 0) is 0 Å². The van der Waals surface area contributed by atoms with Crippen molar-refractivity contribution in [3.05, 3.63) is 30.3 Å². The summed E-state index contributed by atoms with van der Waals surface area (Å²) in [4.78, 5) is 4.40. The monoisotopic (exact) mass is 260 g/mol. The van der Waals surface area contributed by atoms with Crippen molar-refractivity contribution in [3.8, 4) is 5.75 Å². The zero-order chi connectivity index (χ0) is 13.8. The van der Waals surface area contributed by atoms with E-state index in [0.29, 0.717) is 5.92 Å². The first-order chi connectivity index (χ1) is 9.08. The molecule has 5 heteroatoms. The van der Waals surface area contributed by atoms with Gasteiger partial charge in [0.05, 0.1) is 0 Å². The summed E-state index contributed by atoms with van der Waals surface area (Å²) >= 11 is 0. The van der Waals surface area contributed by atoms with Gasteiger partial charge < -0.3 is 21.1 Å². The first-order valence-electron chi connectivity index (χ1n) is 6.35. The van der Waals surface area contributed by atoms with Gasteiger partial charge in [0.15, 0.2) is 5.96 Å². The third-order valence-electron chi connectivity index (χ3n) is 3.01. The van der Waals surface area contributed by atoms with E-state index in [-0.39, 0.29) is 5.75 Å². The van der Waals surface area contributed by atoms with Crippen molar-refractivity contribution in [2.75, 3.05) is 25.5 Å². The average Bonchev–Trinajstić information content (AvgIpc) is 2.40. The van der Waals surface area contributed by atoms with E-state index in [1.54, 1.807) is 19.2 Å². The lowest BCUT2D eigenvalue weighted by atomic mass is 10.1. The van der Waals surface area contributed by atoms with Gasteiger partial charge in [0.1, 0.15) is 5.75 Å². The second-order valence-corrected chi connectivity index (χ2v) is 4.80. The molecule has 0 spiro atoms. The highest BCUT2D eigenvalue weighted by Crippen LogP contribution is 2.23. The fourth-order valence-corrected chi connectivity index (χ4v) is 1.86. The van der Waals surface area contributed by atoms with E-state index < -0.39 is 0 Å². The number of phenols is 1. The predicted octanol–water partition coefficient (Wildman–Crippen LogP) is 1.59. The van der Waals surface area contributed by atoms with Crippen LogP contribution in [0.3, 0.4) is 0 Å². The largest absolute Gasteiger partial charge is 0.508 e. The molecule has 4 N–H and O–H groups in total. The summed E-state index contributed by atoms with van der Waals surface area (Å²) in [5, 5.41) is 19.1. The van der Waals surface area contributed by atoms with E-state index in [9.17, 15) is 5.11 Å². The van der Waals surface area contributed by atoms with Crippen molar-refractivity contribution in [1.82, 2.24) is 10.6 Å². The molecule has 5 nitrogen and oxygen atoms in total. The van der Waals surface area contributed by atoms with Gasteiger partial charge in [-0.25, -0.2) is 0 Å². The van der Waals surface area contributed by atoms with Crippen LogP contribution in [-0.4, -0.2) is 31.2 Å². The molecule has 0 saturated carbocycles. The molecule has 0 saturated heterocycles. The molecule has 0 amide bonds.